The van der Waals surface area contributed by atoms with Crippen molar-refractivity contribution in [2.75, 3.05) is 7.05 Å². The largest absolute Gasteiger partial charge is 0.355 e. The van der Waals surface area contributed by atoms with Crippen molar-refractivity contribution in [3.05, 3.63) is 59.9 Å². The van der Waals surface area contributed by atoms with Crippen LogP contribution in [0.25, 0.3) is 11.1 Å². The molecule has 0 saturated heterocycles. The summed E-state index contributed by atoms with van der Waals surface area (Å²) in [5.74, 6) is -0.509. The molecule has 2 aromatic rings. The van der Waals surface area contributed by atoms with Crippen molar-refractivity contribution in [1.82, 2.24) is 5.32 Å². The molecule has 2 nitrogen and oxygen atoms in total. The first kappa shape index (κ1) is 11.3. The predicted octanol–water partition coefficient (Wildman–Crippen LogP) is 2.65. The van der Waals surface area contributed by atoms with Gasteiger partial charge in [0.25, 0.3) is 5.91 Å². The Hall–Kier alpha value is -2.16. The average molecular weight is 228 g/mol. The van der Waals surface area contributed by atoms with Crippen LogP contribution in [0.3, 0.4) is 0 Å². The lowest BCUT2D eigenvalue weighted by Crippen LogP contribution is -2.17. The van der Waals surface area contributed by atoms with E-state index in [0.717, 1.165) is 0 Å². The molecule has 0 aromatic heterocycles. The number of hydrogen-bond acceptors (Lipinski definition) is 1. The second-order valence-electron chi connectivity index (χ2n) is 3.57. The van der Waals surface area contributed by atoms with Gasteiger partial charge in [-0.05, 0) is 35.9 Å². The van der Waals surface area contributed by atoms with E-state index in [2.05, 4.69) is 11.4 Å². The maximum atomic E-state index is 13.6. The van der Waals surface area contributed by atoms with Crippen LogP contribution in [0.15, 0.2) is 42.5 Å². The lowest BCUT2D eigenvalue weighted by Gasteiger charge is -2.05. The third-order valence-corrected chi connectivity index (χ3v) is 2.47. The zero-order valence-electron chi connectivity index (χ0n) is 9.33. The summed E-state index contributed by atoms with van der Waals surface area (Å²) in [5, 5.41) is 2.53. The summed E-state index contributed by atoms with van der Waals surface area (Å²) in [6, 6.07) is 14.1. The fourth-order valence-electron chi connectivity index (χ4n) is 1.60. The van der Waals surface area contributed by atoms with E-state index in [1.165, 1.54) is 12.1 Å². The van der Waals surface area contributed by atoms with Gasteiger partial charge in [0, 0.05) is 18.2 Å². The number of hydrogen-bond donors (Lipinski definition) is 1. The number of rotatable bonds is 2. The number of carbonyl (C=O) groups is 1. The fraction of sp³-hybridized carbons (Fsp3) is 0.0714. The highest BCUT2D eigenvalue weighted by Crippen LogP contribution is 2.23. The Morgan fingerprint density at radius 3 is 2.88 bits per heavy atom. The molecular formula is C14H11FNO. The Labute approximate surface area is 99.1 Å². The van der Waals surface area contributed by atoms with E-state index in [1.54, 1.807) is 37.4 Å². The standard InChI is InChI=1S/C14H11FNO/c1-16-14(17)11-6-4-5-10(9-11)12-7-2-3-8-13(12)15/h3-9H,1H3,(H,16,17). The minimum Gasteiger partial charge on any atom is -0.355 e. The molecule has 2 aromatic carbocycles. The van der Waals surface area contributed by atoms with Crippen LogP contribution < -0.4 is 5.32 Å². The number of benzene rings is 2. The van der Waals surface area contributed by atoms with Crippen molar-refractivity contribution in [1.29, 1.82) is 0 Å². The Morgan fingerprint density at radius 2 is 2.18 bits per heavy atom. The Balaban J connectivity index is 2.47. The van der Waals surface area contributed by atoms with Crippen molar-refractivity contribution >= 4 is 5.91 Å². The van der Waals surface area contributed by atoms with Crippen LogP contribution in [-0.4, -0.2) is 13.0 Å². The van der Waals surface area contributed by atoms with Gasteiger partial charge in [0.05, 0.1) is 0 Å². The second kappa shape index (κ2) is 4.78. The molecule has 0 atom stereocenters. The Kier molecular flexibility index (Phi) is 3.19. The summed E-state index contributed by atoms with van der Waals surface area (Å²) < 4.78 is 13.6. The van der Waals surface area contributed by atoms with Crippen molar-refractivity contribution in [3.63, 3.8) is 0 Å². The minimum absolute atomic E-state index is 0.188. The highest BCUT2D eigenvalue weighted by Gasteiger charge is 2.07. The van der Waals surface area contributed by atoms with E-state index < -0.39 is 0 Å². The molecule has 0 saturated carbocycles. The summed E-state index contributed by atoms with van der Waals surface area (Å²) >= 11 is 0. The zero-order valence-corrected chi connectivity index (χ0v) is 9.33. The summed E-state index contributed by atoms with van der Waals surface area (Å²) in [6.45, 7) is 0. The van der Waals surface area contributed by atoms with Crippen molar-refractivity contribution < 1.29 is 9.18 Å². The summed E-state index contributed by atoms with van der Waals surface area (Å²) in [5.41, 5.74) is 1.62. The number of amides is 1. The zero-order chi connectivity index (χ0) is 12.3. The molecule has 1 radical (unpaired) electrons. The maximum absolute atomic E-state index is 13.6. The van der Waals surface area contributed by atoms with Crippen LogP contribution in [0, 0.1) is 11.9 Å². The van der Waals surface area contributed by atoms with Crippen molar-refractivity contribution in [3.8, 4) is 11.1 Å². The number of nitrogens with one attached hydrogen (secondary N) is 1. The third-order valence-electron chi connectivity index (χ3n) is 2.47. The first-order chi connectivity index (χ1) is 8.22. The lowest BCUT2D eigenvalue weighted by molar-refractivity contribution is 0.0963. The third kappa shape index (κ3) is 2.33. The molecule has 1 amide bonds. The van der Waals surface area contributed by atoms with Gasteiger partial charge in [-0.15, -0.1) is 0 Å². The van der Waals surface area contributed by atoms with Crippen molar-refractivity contribution in [2.45, 2.75) is 0 Å². The van der Waals surface area contributed by atoms with Gasteiger partial charge in [-0.3, -0.25) is 4.79 Å². The molecule has 2 rings (SSSR count). The van der Waals surface area contributed by atoms with Crippen LogP contribution in [0.2, 0.25) is 0 Å². The van der Waals surface area contributed by atoms with Crippen LogP contribution in [0.1, 0.15) is 10.4 Å². The van der Waals surface area contributed by atoms with Crippen LogP contribution in [-0.2, 0) is 0 Å². The normalized spacial score (nSPS) is 10.0. The van der Waals surface area contributed by atoms with Gasteiger partial charge in [-0.1, -0.05) is 18.2 Å². The molecule has 0 aliphatic carbocycles. The van der Waals surface area contributed by atoms with E-state index in [9.17, 15) is 9.18 Å². The Bertz CT molecular complexity index is 551. The van der Waals surface area contributed by atoms with Gasteiger partial charge in [0.1, 0.15) is 5.82 Å². The van der Waals surface area contributed by atoms with Gasteiger partial charge in [-0.25, -0.2) is 4.39 Å². The van der Waals surface area contributed by atoms with Crippen LogP contribution >= 0.6 is 0 Å². The highest BCUT2D eigenvalue weighted by molar-refractivity contribution is 5.95. The fourth-order valence-corrected chi connectivity index (χ4v) is 1.60. The first-order valence-corrected chi connectivity index (χ1v) is 5.20. The first-order valence-electron chi connectivity index (χ1n) is 5.20. The van der Waals surface area contributed by atoms with E-state index in [4.69, 9.17) is 0 Å². The quantitative estimate of drug-likeness (QED) is 0.841. The van der Waals surface area contributed by atoms with Gasteiger partial charge in [0.15, 0.2) is 0 Å². The molecule has 0 bridgehead atoms. The molecule has 0 aliphatic heterocycles. The second-order valence-corrected chi connectivity index (χ2v) is 3.57. The Morgan fingerprint density at radius 1 is 1.35 bits per heavy atom. The van der Waals surface area contributed by atoms with Gasteiger partial charge in [0.2, 0.25) is 0 Å². The number of halogens is 1. The van der Waals surface area contributed by atoms with E-state index in [0.29, 0.717) is 16.7 Å². The summed E-state index contributed by atoms with van der Waals surface area (Å²) in [6.07, 6.45) is 0. The highest BCUT2D eigenvalue weighted by atomic mass is 19.1. The van der Waals surface area contributed by atoms with Crippen molar-refractivity contribution in [2.24, 2.45) is 0 Å². The molecule has 1 N–H and O–H groups in total. The topological polar surface area (TPSA) is 29.1 Å². The molecule has 0 fully saturated rings. The average Bonchev–Trinajstić information content (AvgIpc) is 2.38. The number of carbonyl (C=O) groups excluding carboxylic acids is 1. The summed E-state index contributed by atoms with van der Waals surface area (Å²) in [7, 11) is 1.56. The lowest BCUT2D eigenvalue weighted by atomic mass is 10.0. The van der Waals surface area contributed by atoms with Crippen LogP contribution in [0.4, 0.5) is 4.39 Å². The molecule has 3 heteroatoms. The van der Waals surface area contributed by atoms with Gasteiger partial charge >= 0.3 is 0 Å². The molecule has 0 aliphatic rings. The SMILES string of the molecule is CNC(=O)c1cccc(-c2c[c]ccc2F)c1. The van der Waals surface area contributed by atoms with E-state index >= 15 is 0 Å². The summed E-state index contributed by atoms with van der Waals surface area (Å²) in [4.78, 5) is 11.5. The molecule has 0 unspecified atom stereocenters. The van der Waals surface area contributed by atoms with Gasteiger partial charge in [-0.2, -0.15) is 0 Å². The smallest absolute Gasteiger partial charge is 0.251 e. The van der Waals surface area contributed by atoms with Gasteiger partial charge < -0.3 is 5.32 Å². The molecule has 0 spiro atoms. The van der Waals surface area contributed by atoms with Crippen LogP contribution in [0.5, 0.6) is 0 Å². The van der Waals surface area contributed by atoms with E-state index in [1.807, 2.05) is 0 Å². The monoisotopic (exact) mass is 228 g/mol. The molecular weight excluding hydrogens is 217 g/mol. The minimum atomic E-state index is -0.321. The predicted molar refractivity (Wildman–Crippen MR) is 64.1 cm³/mol. The maximum Gasteiger partial charge on any atom is 0.251 e. The molecule has 85 valence electrons. The molecule has 17 heavy (non-hydrogen) atoms. The van der Waals surface area contributed by atoms with E-state index in [-0.39, 0.29) is 11.7 Å². The molecule has 0 heterocycles.